The number of hydrogen-bond acceptors (Lipinski definition) is 4. The van der Waals surface area contributed by atoms with Gasteiger partial charge in [-0.25, -0.2) is 4.39 Å². The van der Waals surface area contributed by atoms with Crippen LogP contribution < -0.4 is 19.9 Å². The van der Waals surface area contributed by atoms with Crippen LogP contribution in [0.25, 0.3) is 0 Å². The molecule has 0 heterocycles. The molecule has 2 aromatic rings. The number of nitrogens with two attached hydrogens (primary N) is 1. The lowest BCUT2D eigenvalue weighted by Crippen LogP contribution is -2.10. The van der Waals surface area contributed by atoms with E-state index < -0.39 is 0 Å². The van der Waals surface area contributed by atoms with Crippen LogP contribution in [0.5, 0.6) is 17.2 Å². The molecule has 0 aliphatic carbocycles. The van der Waals surface area contributed by atoms with E-state index >= 15 is 0 Å². The van der Waals surface area contributed by atoms with Crippen molar-refractivity contribution >= 4 is 0 Å². The van der Waals surface area contributed by atoms with Gasteiger partial charge >= 0.3 is 0 Å². The van der Waals surface area contributed by atoms with Crippen molar-refractivity contribution in [3.8, 4) is 17.2 Å². The number of para-hydroxylation sites is 2. The SMILES string of the molecule is COc1ccccc1OCCOc1ccc(CN)c(F)c1. The molecular weight excluding hydrogens is 273 g/mol. The fraction of sp³-hybridized carbons (Fsp3) is 0.250. The highest BCUT2D eigenvalue weighted by Gasteiger charge is 2.04. The van der Waals surface area contributed by atoms with Gasteiger partial charge in [0.25, 0.3) is 0 Å². The Kier molecular flexibility index (Phi) is 5.40. The molecular formula is C16H18FNO3. The summed E-state index contributed by atoms with van der Waals surface area (Å²) in [7, 11) is 1.58. The third-order valence-electron chi connectivity index (χ3n) is 2.92. The number of hydrogen-bond donors (Lipinski definition) is 1. The van der Waals surface area contributed by atoms with Crippen molar-refractivity contribution in [2.45, 2.75) is 6.54 Å². The average molecular weight is 291 g/mol. The monoisotopic (exact) mass is 291 g/mol. The van der Waals surface area contributed by atoms with E-state index in [0.29, 0.717) is 36.0 Å². The fourth-order valence-electron chi connectivity index (χ4n) is 1.83. The van der Waals surface area contributed by atoms with Crippen molar-refractivity contribution < 1.29 is 18.6 Å². The molecule has 0 amide bonds. The van der Waals surface area contributed by atoms with E-state index in [1.165, 1.54) is 6.07 Å². The van der Waals surface area contributed by atoms with Gasteiger partial charge in [0, 0.05) is 18.2 Å². The highest BCUT2D eigenvalue weighted by Crippen LogP contribution is 2.25. The Hall–Kier alpha value is -2.27. The molecule has 0 saturated heterocycles. The summed E-state index contributed by atoms with van der Waals surface area (Å²) in [6.07, 6.45) is 0. The van der Waals surface area contributed by atoms with Crippen LogP contribution in [0, 0.1) is 5.82 Å². The summed E-state index contributed by atoms with van der Waals surface area (Å²) in [4.78, 5) is 0. The number of benzene rings is 2. The zero-order valence-electron chi connectivity index (χ0n) is 11.8. The normalized spacial score (nSPS) is 10.2. The third-order valence-corrected chi connectivity index (χ3v) is 2.92. The molecule has 0 spiro atoms. The Morgan fingerprint density at radius 1 is 1.00 bits per heavy atom. The lowest BCUT2D eigenvalue weighted by atomic mass is 10.2. The molecule has 0 aliphatic heterocycles. The van der Waals surface area contributed by atoms with Gasteiger partial charge in [-0.1, -0.05) is 18.2 Å². The number of halogens is 1. The largest absolute Gasteiger partial charge is 0.493 e. The van der Waals surface area contributed by atoms with E-state index in [1.54, 1.807) is 19.2 Å². The zero-order valence-corrected chi connectivity index (χ0v) is 11.8. The molecule has 2 N–H and O–H groups in total. The molecule has 0 aliphatic rings. The lowest BCUT2D eigenvalue weighted by molar-refractivity contribution is 0.211. The molecule has 112 valence electrons. The quantitative estimate of drug-likeness (QED) is 0.797. The molecule has 2 rings (SSSR count). The first-order valence-corrected chi connectivity index (χ1v) is 6.61. The second kappa shape index (κ2) is 7.50. The van der Waals surface area contributed by atoms with E-state index in [9.17, 15) is 4.39 Å². The highest BCUT2D eigenvalue weighted by molar-refractivity contribution is 5.39. The van der Waals surface area contributed by atoms with Crippen molar-refractivity contribution in [3.05, 3.63) is 53.8 Å². The van der Waals surface area contributed by atoms with Crippen molar-refractivity contribution in [2.24, 2.45) is 5.73 Å². The van der Waals surface area contributed by atoms with Gasteiger partial charge in [0.2, 0.25) is 0 Å². The minimum absolute atomic E-state index is 0.170. The Bertz CT molecular complexity index is 589. The maximum absolute atomic E-state index is 13.5. The van der Waals surface area contributed by atoms with Gasteiger partial charge in [-0.05, 0) is 18.2 Å². The van der Waals surface area contributed by atoms with E-state index in [-0.39, 0.29) is 12.4 Å². The number of ether oxygens (including phenoxy) is 3. The summed E-state index contributed by atoms with van der Waals surface area (Å²) in [5.74, 6) is 1.40. The fourth-order valence-corrected chi connectivity index (χ4v) is 1.83. The summed E-state index contributed by atoms with van der Waals surface area (Å²) in [5, 5.41) is 0. The zero-order chi connectivity index (χ0) is 15.1. The average Bonchev–Trinajstić information content (AvgIpc) is 2.52. The lowest BCUT2D eigenvalue weighted by Gasteiger charge is -2.11. The Morgan fingerprint density at radius 2 is 1.71 bits per heavy atom. The summed E-state index contributed by atoms with van der Waals surface area (Å²) in [5.41, 5.74) is 5.87. The molecule has 0 bridgehead atoms. The summed E-state index contributed by atoms with van der Waals surface area (Å²) < 4.78 is 29.7. The van der Waals surface area contributed by atoms with Crippen LogP contribution in [-0.2, 0) is 6.54 Å². The second-order valence-corrected chi connectivity index (χ2v) is 4.31. The van der Waals surface area contributed by atoms with Gasteiger partial charge in [-0.15, -0.1) is 0 Å². The molecule has 0 aromatic heterocycles. The number of methoxy groups -OCH3 is 1. The van der Waals surface area contributed by atoms with Crippen molar-refractivity contribution in [3.63, 3.8) is 0 Å². The van der Waals surface area contributed by atoms with Gasteiger partial charge < -0.3 is 19.9 Å². The van der Waals surface area contributed by atoms with Gasteiger partial charge in [0.05, 0.1) is 7.11 Å². The van der Waals surface area contributed by atoms with Crippen LogP contribution in [0.2, 0.25) is 0 Å². The van der Waals surface area contributed by atoms with Crippen LogP contribution in [0.3, 0.4) is 0 Å². The van der Waals surface area contributed by atoms with Crippen molar-refractivity contribution in [1.29, 1.82) is 0 Å². The third kappa shape index (κ3) is 4.10. The van der Waals surface area contributed by atoms with E-state index in [1.807, 2.05) is 24.3 Å². The molecule has 0 saturated carbocycles. The summed E-state index contributed by atoms with van der Waals surface area (Å²) in [6, 6.07) is 12.0. The number of rotatable bonds is 7. The first-order chi connectivity index (χ1) is 10.2. The molecule has 2 aromatic carbocycles. The van der Waals surface area contributed by atoms with Crippen LogP contribution in [-0.4, -0.2) is 20.3 Å². The van der Waals surface area contributed by atoms with E-state index in [2.05, 4.69) is 0 Å². The molecule has 21 heavy (non-hydrogen) atoms. The van der Waals surface area contributed by atoms with Gasteiger partial charge in [0.15, 0.2) is 11.5 Å². The Morgan fingerprint density at radius 3 is 2.38 bits per heavy atom. The molecule has 5 heteroatoms. The molecule has 0 atom stereocenters. The van der Waals surface area contributed by atoms with Gasteiger partial charge in [-0.2, -0.15) is 0 Å². The van der Waals surface area contributed by atoms with Crippen molar-refractivity contribution in [1.82, 2.24) is 0 Å². The first kappa shape index (κ1) is 15.1. The summed E-state index contributed by atoms with van der Waals surface area (Å²) in [6.45, 7) is 0.809. The summed E-state index contributed by atoms with van der Waals surface area (Å²) >= 11 is 0. The van der Waals surface area contributed by atoms with Crippen molar-refractivity contribution in [2.75, 3.05) is 20.3 Å². The predicted octanol–water partition coefficient (Wildman–Crippen LogP) is 2.75. The maximum Gasteiger partial charge on any atom is 0.161 e. The minimum atomic E-state index is -0.361. The topological polar surface area (TPSA) is 53.7 Å². The van der Waals surface area contributed by atoms with Gasteiger partial charge in [0.1, 0.15) is 24.8 Å². The minimum Gasteiger partial charge on any atom is -0.493 e. The molecule has 0 radical (unpaired) electrons. The Labute approximate surface area is 123 Å². The Balaban J connectivity index is 1.83. The van der Waals surface area contributed by atoms with Crippen LogP contribution in [0.15, 0.2) is 42.5 Å². The standard InChI is InChI=1S/C16H18FNO3/c1-19-15-4-2-3-5-16(15)21-9-8-20-13-7-6-12(11-18)14(17)10-13/h2-7,10H,8-9,11,18H2,1H3. The van der Waals surface area contributed by atoms with Crippen LogP contribution in [0.1, 0.15) is 5.56 Å². The van der Waals surface area contributed by atoms with Gasteiger partial charge in [-0.3, -0.25) is 0 Å². The predicted molar refractivity (Wildman–Crippen MR) is 78.3 cm³/mol. The van der Waals surface area contributed by atoms with E-state index in [0.717, 1.165) is 0 Å². The molecule has 4 nitrogen and oxygen atoms in total. The first-order valence-electron chi connectivity index (χ1n) is 6.61. The molecule has 0 unspecified atom stereocenters. The highest BCUT2D eigenvalue weighted by atomic mass is 19.1. The van der Waals surface area contributed by atoms with E-state index in [4.69, 9.17) is 19.9 Å². The maximum atomic E-state index is 13.5. The van der Waals surface area contributed by atoms with Crippen LogP contribution in [0.4, 0.5) is 4.39 Å². The smallest absolute Gasteiger partial charge is 0.161 e. The molecule has 0 fully saturated rings. The van der Waals surface area contributed by atoms with Crippen LogP contribution >= 0.6 is 0 Å². The second-order valence-electron chi connectivity index (χ2n) is 4.31.